The zero-order valence-electron chi connectivity index (χ0n) is 19.7. The van der Waals surface area contributed by atoms with Crippen LogP contribution in [0.1, 0.15) is 35.7 Å². The Morgan fingerprint density at radius 3 is 1.91 bits per heavy atom. The number of thioether (sulfide) groups is 1. The van der Waals surface area contributed by atoms with Crippen LogP contribution >= 0.6 is 11.8 Å². The van der Waals surface area contributed by atoms with Gasteiger partial charge in [-0.25, -0.2) is 0 Å². The van der Waals surface area contributed by atoms with E-state index in [1.54, 1.807) is 13.2 Å². The van der Waals surface area contributed by atoms with Gasteiger partial charge in [0.05, 0.1) is 5.54 Å². The lowest BCUT2D eigenvalue weighted by Gasteiger charge is -2.49. The van der Waals surface area contributed by atoms with E-state index >= 15 is 0 Å². The molecule has 1 aliphatic heterocycles. The minimum Gasteiger partial charge on any atom is -0.364 e. The van der Waals surface area contributed by atoms with Crippen molar-refractivity contribution < 1.29 is 9.32 Å². The van der Waals surface area contributed by atoms with E-state index < -0.39 is 5.54 Å². The fourth-order valence-corrected chi connectivity index (χ4v) is 6.11. The van der Waals surface area contributed by atoms with Gasteiger partial charge in [0.1, 0.15) is 12.0 Å². The molecule has 1 aromatic heterocycles. The van der Waals surface area contributed by atoms with E-state index in [-0.39, 0.29) is 10.4 Å². The van der Waals surface area contributed by atoms with Gasteiger partial charge >= 0.3 is 0 Å². The molecule has 1 unspecified atom stereocenters. The number of piperidine rings is 1. The highest BCUT2D eigenvalue weighted by Gasteiger charge is 2.44. The topological polar surface area (TPSA) is 46.3 Å². The van der Waals surface area contributed by atoms with Crippen molar-refractivity contribution in [3.63, 3.8) is 0 Å². The molecule has 0 spiro atoms. The van der Waals surface area contributed by atoms with Gasteiger partial charge in [-0.3, -0.25) is 9.69 Å². The first-order chi connectivity index (χ1) is 17.2. The van der Waals surface area contributed by atoms with E-state index in [0.717, 1.165) is 18.7 Å². The van der Waals surface area contributed by atoms with Gasteiger partial charge in [0, 0.05) is 31.3 Å². The van der Waals surface area contributed by atoms with Gasteiger partial charge in [0.2, 0.25) is 0 Å². The molecule has 0 saturated carbocycles. The Balaban J connectivity index is 1.69. The highest BCUT2D eigenvalue weighted by Crippen LogP contribution is 2.45. The SMILES string of the molecule is CC(=O)SC1CCN(C(c2ccccc2)(c2ccccc2)c2ccccc2)C/C1=C\c1ccon1. The van der Waals surface area contributed by atoms with Crippen molar-refractivity contribution in [1.82, 2.24) is 10.1 Å². The zero-order chi connectivity index (χ0) is 24.1. The van der Waals surface area contributed by atoms with Crippen LogP contribution in [0.4, 0.5) is 0 Å². The molecule has 35 heavy (non-hydrogen) atoms. The van der Waals surface area contributed by atoms with Crippen molar-refractivity contribution in [2.24, 2.45) is 0 Å². The average Bonchev–Trinajstić information content (AvgIpc) is 3.41. The molecule has 176 valence electrons. The van der Waals surface area contributed by atoms with Crippen molar-refractivity contribution >= 4 is 23.0 Å². The number of aromatic nitrogens is 1. The molecule has 1 saturated heterocycles. The zero-order valence-corrected chi connectivity index (χ0v) is 20.5. The maximum atomic E-state index is 12.1. The molecule has 0 amide bonds. The summed E-state index contributed by atoms with van der Waals surface area (Å²) in [4.78, 5) is 14.6. The summed E-state index contributed by atoms with van der Waals surface area (Å²) in [5.74, 6) is 0. The van der Waals surface area contributed by atoms with Crippen LogP contribution < -0.4 is 0 Å². The number of likely N-dealkylation sites (tertiary alicyclic amines) is 1. The number of carbonyl (C=O) groups is 1. The van der Waals surface area contributed by atoms with Gasteiger partial charge < -0.3 is 4.52 Å². The Hall–Kier alpha value is -3.41. The maximum absolute atomic E-state index is 12.1. The van der Waals surface area contributed by atoms with Crippen LogP contribution in [0.5, 0.6) is 0 Å². The van der Waals surface area contributed by atoms with Crippen LogP contribution in [0.3, 0.4) is 0 Å². The van der Waals surface area contributed by atoms with E-state index in [4.69, 9.17) is 4.52 Å². The summed E-state index contributed by atoms with van der Waals surface area (Å²) in [5.41, 5.74) is 5.12. The number of benzene rings is 3. The minimum absolute atomic E-state index is 0.112. The van der Waals surface area contributed by atoms with Crippen LogP contribution in [0.2, 0.25) is 0 Å². The first kappa shape index (κ1) is 23.3. The normalized spacial score (nSPS) is 18.0. The first-order valence-corrected chi connectivity index (χ1v) is 12.8. The molecule has 0 N–H and O–H groups in total. The van der Waals surface area contributed by atoms with Gasteiger partial charge in [-0.1, -0.05) is 108 Å². The van der Waals surface area contributed by atoms with Gasteiger partial charge in [0.25, 0.3) is 0 Å². The molecule has 4 nitrogen and oxygen atoms in total. The van der Waals surface area contributed by atoms with Crippen LogP contribution in [-0.4, -0.2) is 33.5 Å². The number of rotatable bonds is 6. The van der Waals surface area contributed by atoms with Crippen molar-refractivity contribution in [3.05, 3.63) is 131 Å². The summed E-state index contributed by atoms with van der Waals surface area (Å²) >= 11 is 1.41. The van der Waals surface area contributed by atoms with Crippen molar-refractivity contribution in [2.45, 2.75) is 24.1 Å². The van der Waals surface area contributed by atoms with Crippen LogP contribution in [0.15, 0.2) is 113 Å². The molecular formula is C30H28N2O2S. The summed E-state index contributed by atoms with van der Waals surface area (Å²) in [6.45, 7) is 3.20. The van der Waals surface area contributed by atoms with Gasteiger partial charge in [-0.2, -0.15) is 0 Å². The molecule has 5 heteroatoms. The number of hydrogen-bond acceptors (Lipinski definition) is 5. The highest BCUT2D eigenvalue weighted by molar-refractivity contribution is 8.14. The number of nitrogens with zero attached hydrogens (tertiary/aromatic N) is 2. The van der Waals surface area contributed by atoms with Crippen molar-refractivity contribution in [2.75, 3.05) is 13.1 Å². The lowest BCUT2D eigenvalue weighted by atomic mass is 9.74. The largest absolute Gasteiger partial charge is 0.364 e. The molecule has 3 aromatic carbocycles. The quantitative estimate of drug-likeness (QED) is 0.299. The van der Waals surface area contributed by atoms with E-state index in [9.17, 15) is 4.79 Å². The standard InChI is InChI=1S/C30H28N2O2S/c1-23(33)35-29-17-19-32(22-24(29)21-28-18-20-34-31-28)30(25-11-5-2-6-12-25,26-13-7-3-8-14-26)27-15-9-4-10-16-27/h2-16,18,20-21,29H,17,19,22H2,1H3/b24-21+. The summed E-state index contributed by atoms with van der Waals surface area (Å²) in [7, 11) is 0. The van der Waals surface area contributed by atoms with E-state index in [2.05, 4.69) is 107 Å². The Morgan fingerprint density at radius 1 is 0.914 bits per heavy atom. The molecule has 1 aliphatic rings. The Morgan fingerprint density at radius 2 is 1.46 bits per heavy atom. The Bertz CT molecular complexity index is 1180. The second-order valence-corrected chi connectivity index (χ2v) is 10.1. The second kappa shape index (κ2) is 10.5. The summed E-state index contributed by atoms with van der Waals surface area (Å²) in [5, 5.41) is 4.37. The molecule has 5 rings (SSSR count). The van der Waals surface area contributed by atoms with Gasteiger partial charge in [0.15, 0.2) is 5.12 Å². The molecular weight excluding hydrogens is 452 g/mol. The number of hydrogen-bond donors (Lipinski definition) is 0. The fraction of sp³-hybridized carbons (Fsp3) is 0.200. The third-order valence-electron chi connectivity index (χ3n) is 6.60. The smallest absolute Gasteiger partial charge is 0.186 e. The molecule has 2 heterocycles. The molecule has 0 aliphatic carbocycles. The van der Waals surface area contributed by atoms with Crippen LogP contribution in [0, 0.1) is 0 Å². The minimum atomic E-state index is -0.488. The Kier molecular flexibility index (Phi) is 6.98. The average molecular weight is 481 g/mol. The summed E-state index contributed by atoms with van der Waals surface area (Å²) < 4.78 is 5.09. The molecule has 1 fully saturated rings. The number of carbonyl (C=O) groups excluding carboxylic acids is 1. The third kappa shape index (κ3) is 4.75. The lowest BCUT2D eigenvalue weighted by Crippen LogP contribution is -2.52. The van der Waals surface area contributed by atoms with Crippen molar-refractivity contribution in [1.29, 1.82) is 0 Å². The predicted molar refractivity (Wildman–Crippen MR) is 142 cm³/mol. The van der Waals surface area contributed by atoms with Crippen LogP contribution in [-0.2, 0) is 10.3 Å². The van der Waals surface area contributed by atoms with E-state index in [1.165, 1.54) is 34.0 Å². The summed E-state index contributed by atoms with van der Waals surface area (Å²) in [6.07, 6.45) is 4.53. The monoisotopic (exact) mass is 480 g/mol. The van der Waals surface area contributed by atoms with E-state index in [0.29, 0.717) is 6.54 Å². The molecule has 4 aromatic rings. The third-order valence-corrected chi connectivity index (χ3v) is 7.75. The predicted octanol–water partition coefficient (Wildman–Crippen LogP) is 6.40. The second-order valence-electron chi connectivity index (χ2n) is 8.76. The molecule has 0 radical (unpaired) electrons. The lowest BCUT2D eigenvalue weighted by molar-refractivity contribution is -0.109. The fourth-order valence-electron chi connectivity index (χ4n) is 5.19. The maximum Gasteiger partial charge on any atom is 0.186 e. The first-order valence-electron chi connectivity index (χ1n) is 11.9. The van der Waals surface area contributed by atoms with Crippen LogP contribution in [0.25, 0.3) is 6.08 Å². The highest BCUT2D eigenvalue weighted by atomic mass is 32.2. The Labute approximate surface area is 210 Å². The molecule has 1 atom stereocenters. The van der Waals surface area contributed by atoms with Gasteiger partial charge in [-0.15, -0.1) is 0 Å². The molecule has 0 bridgehead atoms. The van der Waals surface area contributed by atoms with Gasteiger partial charge in [-0.05, 0) is 34.8 Å². The van der Waals surface area contributed by atoms with E-state index in [1.807, 2.05) is 6.07 Å². The van der Waals surface area contributed by atoms with Crippen molar-refractivity contribution in [3.8, 4) is 0 Å². The summed E-state index contributed by atoms with van der Waals surface area (Å²) in [6, 6.07) is 34.0.